The van der Waals surface area contributed by atoms with Crippen LogP contribution in [-0.2, 0) is 33.5 Å². The molecule has 1 saturated heterocycles. The van der Waals surface area contributed by atoms with Crippen molar-refractivity contribution < 1.29 is 33.2 Å². The van der Waals surface area contributed by atoms with Crippen LogP contribution in [0.1, 0.15) is 63.0 Å². The zero-order chi connectivity index (χ0) is 35.1. The first-order valence-electron chi connectivity index (χ1n) is 17.3. The third-order valence-corrected chi connectivity index (χ3v) is 10.9. The van der Waals surface area contributed by atoms with Crippen LogP contribution in [0.3, 0.4) is 0 Å². The molecule has 10 nitrogen and oxygen atoms in total. The fourth-order valence-electron chi connectivity index (χ4n) is 8.61. The molecule has 10 heteroatoms. The number of hydrogen-bond acceptors (Lipinski definition) is 10. The van der Waals surface area contributed by atoms with Crippen LogP contribution in [0, 0.1) is 32.1 Å². The number of aryl methyl sites for hydroxylation is 2. The summed E-state index contributed by atoms with van der Waals surface area (Å²) in [7, 11) is 3.74. The van der Waals surface area contributed by atoms with Gasteiger partial charge in [0.05, 0.1) is 18.2 Å². The number of nitriles is 1. The zero-order valence-corrected chi connectivity index (χ0v) is 29.5. The normalized spacial score (nSPS) is 23.2. The number of likely N-dealkylation sites (N-methyl/N-ethyl adjacent to an activating group) is 1. The van der Waals surface area contributed by atoms with Gasteiger partial charge in [-0.2, -0.15) is 5.26 Å². The van der Waals surface area contributed by atoms with E-state index in [0.29, 0.717) is 37.4 Å². The minimum absolute atomic E-state index is 0.0467. The minimum atomic E-state index is -0.502. The second-order valence-corrected chi connectivity index (χ2v) is 13.6. The Balaban J connectivity index is 1.37. The van der Waals surface area contributed by atoms with Crippen molar-refractivity contribution in [2.75, 3.05) is 41.0 Å². The first-order valence-corrected chi connectivity index (χ1v) is 17.3. The number of methoxy groups -OCH3 is 1. The van der Waals surface area contributed by atoms with Gasteiger partial charge in [0, 0.05) is 47.9 Å². The fraction of sp³-hybridized carbons (Fsp3) is 0.450. The molecule has 0 saturated carbocycles. The molecule has 0 spiro atoms. The van der Waals surface area contributed by atoms with Crippen LogP contribution in [0.25, 0.3) is 0 Å². The summed E-state index contributed by atoms with van der Waals surface area (Å²) in [6, 6.07) is 13.4. The van der Waals surface area contributed by atoms with Gasteiger partial charge in [-0.1, -0.05) is 49.1 Å². The summed E-state index contributed by atoms with van der Waals surface area (Å²) in [4.78, 5) is 18.0. The molecule has 3 aromatic rings. The SMILES string of the molecule is C=CCOc1c(C)c2c(c3c1CC1[C@H]4c5c(cc(C)c(C)c5OCOC)C[C@@H]([C@H](C#N)N1[C@H]3COC(=O)CCc1ccccc1)N4C)OCO2. The van der Waals surface area contributed by atoms with Crippen molar-refractivity contribution in [3.63, 3.8) is 0 Å². The average Bonchev–Trinajstić information content (AvgIpc) is 3.61. The van der Waals surface area contributed by atoms with Gasteiger partial charge < -0.3 is 28.4 Å². The largest absolute Gasteiger partial charge is 0.489 e. The maximum atomic E-state index is 13.4. The van der Waals surface area contributed by atoms with Gasteiger partial charge in [-0.05, 0) is 69.3 Å². The molecule has 0 aliphatic carbocycles. The van der Waals surface area contributed by atoms with Crippen LogP contribution in [0.4, 0.5) is 0 Å². The second kappa shape index (κ2) is 14.0. The predicted molar refractivity (Wildman–Crippen MR) is 187 cm³/mol. The smallest absolute Gasteiger partial charge is 0.306 e. The molecule has 1 unspecified atom stereocenters. The highest BCUT2D eigenvalue weighted by molar-refractivity contribution is 5.70. The summed E-state index contributed by atoms with van der Waals surface area (Å²) in [6.45, 7) is 10.6. The first-order chi connectivity index (χ1) is 24.3. The summed E-state index contributed by atoms with van der Waals surface area (Å²) < 4.78 is 36.5. The lowest BCUT2D eigenvalue weighted by Gasteiger charge is -2.60. The number of ether oxygens (including phenoxy) is 6. The summed E-state index contributed by atoms with van der Waals surface area (Å²) >= 11 is 0. The number of esters is 1. The Labute approximate surface area is 294 Å². The van der Waals surface area contributed by atoms with Gasteiger partial charge >= 0.3 is 5.97 Å². The van der Waals surface area contributed by atoms with Crippen molar-refractivity contribution in [3.8, 4) is 29.1 Å². The lowest BCUT2D eigenvalue weighted by molar-refractivity contribution is -0.149. The summed E-state index contributed by atoms with van der Waals surface area (Å²) in [5.74, 6) is 2.50. The molecule has 0 aromatic heterocycles. The Kier molecular flexibility index (Phi) is 9.49. The Morgan fingerprint density at radius 3 is 2.56 bits per heavy atom. The van der Waals surface area contributed by atoms with Gasteiger partial charge in [0.2, 0.25) is 6.79 Å². The van der Waals surface area contributed by atoms with E-state index in [0.717, 1.165) is 50.4 Å². The minimum Gasteiger partial charge on any atom is -0.489 e. The van der Waals surface area contributed by atoms with E-state index in [1.54, 1.807) is 13.2 Å². The average molecular weight is 680 g/mol. The Bertz CT molecular complexity index is 1840. The highest BCUT2D eigenvalue weighted by atomic mass is 16.7. The lowest BCUT2D eigenvalue weighted by atomic mass is 9.71. The molecule has 4 aliphatic rings. The molecule has 1 fully saturated rings. The van der Waals surface area contributed by atoms with Gasteiger partial charge in [-0.15, -0.1) is 0 Å². The van der Waals surface area contributed by atoms with Crippen molar-refractivity contribution in [1.29, 1.82) is 5.26 Å². The molecule has 2 bridgehead atoms. The van der Waals surface area contributed by atoms with E-state index in [2.05, 4.69) is 49.4 Å². The maximum absolute atomic E-state index is 13.4. The Morgan fingerprint density at radius 2 is 1.82 bits per heavy atom. The van der Waals surface area contributed by atoms with E-state index in [1.165, 1.54) is 5.56 Å². The molecule has 7 rings (SSSR count). The van der Waals surface area contributed by atoms with Gasteiger partial charge in [0.15, 0.2) is 18.3 Å². The van der Waals surface area contributed by atoms with E-state index in [4.69, 9.17) is 28.4 Å². The molecule has 0 amide bonds. The van der Waals surface area contributed by atoms with Crippen LogP contribution in [0.15, 0.2) is 49.1 Å². The van der Waals surface area contributed by atoms with Gasteiger partial charge in [-0.25, -0.2) is 0 Å². The van der Waals surface area contributed by atoms with E-state index < -0.39 is 12.1 Å². The van der Waals surface area contributed by atoms with Crippen LogP contribution in [0.5, 0.6) is 23.0 Å². The van der Waals surface area contributed by atoms with Crippen LogP contribution in [-0.4, -0.2) is 74.9 Å². The number of rotatable bonds is 11. The number of nitrogens with zero attached hydrogens (tertiary/aromatic N) is 3. The number of benzene rings is 3. The summed E-state index contributed by atoms with van der Waals surface area (Å²) in [6.07, 6.45) is 3.78. The van der Waals surface area contributed by atoms with E-state index in [-0.39, 0.29) is 50.7 Å². The van der Waals surface area contributed by atoms with Crippen molar-refractivity contribution in [2.24, 2.45) is 0 Å². The fourth-order valence-corrected chi connectivity index (χ4v) is 8.61. The number of carbonyl (C=O) groups is 1. The van der Waals surface area contributed by atoms with Crippen molar-refractivity contribution >= 4 is 5.97 Å². The van der Waals surface area contributed by atoms with Gasteiger partial charge in [-0.3, -0.25) is 14.6 Å². The lowest BCUT2D eigenvalue weighted by Crippen LogP contribution is -2.68. The van der Waals surface area contributed by atoms with Crippen LogP contribution < -0.4 is 18.9 Å². The predicted octanol–water partition coefficient (Wildman–Crippen LogP) is 5.84. The molecule has 4 aliphatic heterocycles. The topological polar surface area (TPSA) is 103 Å². The standard InChI is InChI=1S/C40H45N3O7/c1-7-15-46-37-25(4)39-40(50-22-49-39)35-28(37)18-30-36-34-27(16-23(2)24(3)38(34)48-21-45-6)17-29(42(36)5)31(19-41)43(30)32(35)20-47-33(44)14-13-26-11-9-8-10-12-26/h7-12,16,29-32,36H,1,13-15,17-18,20-22H2,2-6H3/t29-,30?,31-,32-,36-/m0/s1. The van der Waals surface area contributed by atoms with Gasteiger partial charge in [0.1, 0.15) is 30.8 Å². The first kappa shape index (κ1) is 33.9. The number of piperazine rings is 1. The summed E-state index contributed by atoms with van der Waals surface area (Å²) in [5.41, 5.74) is 8.25. The van der Waals surface area contributed by atoms with Gasteiger partial charge in [0.25, 0.3) is 0 Å². The van der Waals surface area contributed by atoms with Crippen molar-refractivity contribution in [1.82, 2.24) is 9.80 Å². The summed E-state index contributed by atoms with van der Waals surface area (Å²) in [5, 5.41) is 11.0. The Hall–Kier alpha value is -4.56. The molecule has 4 heterocycles. The Morgan fingerprint density at radius 1 is 1.04 bits per heavy atom. The maximum Gasteiger partial charge on any atom is 0.306 e. The quantitative estimate of drug-likeness (QED) is 0.140. The monoisotopic (exact) mass is 679 g/mol. The molecule has 0 radical (unpaired) electrons. The third-order valence-electron chi connectivity index (χ3n) is 10.9. The molecular weight excluding hydrogens is 634 g/mol. The molecular formula is C40H45N3O7. The van der Waals surface area contributed by atoms with E-state index in [1.807, 2.05) is 37.3 Å². The molecule has 5 atom stereocenters. The number of carbonyl (C=O) groups excluding carboxylic acids is 1. The zero-order valence-electron chi connectivity index (χ0n) is 29.5. The van der Waals surface area contributed by atoms with E-state index >= 15 is 0 Å². The highest BCUT2D eigenvalue weighted by Crippen LogP contribution is 2.58. The number of hydrogen-bond donors (Lipinski definition) is 0. The number of fused-ring (bicyclic) bond motifs is 9. The molecule has 262 valence electrons. The molecule has 3 aromatic carbocycles. The van der Waals surface area contributed by atoms with Crippen LogP contribution in [0.2, 0.25) is 0 Å². The molecule has 50 heavy (non-hydrogen) atoms. The van der Waals surface area contributed by atoms with Crippen LogP contribution >= 0.6 is 0 Å². The highest BCUT2D eigenvalue weighted by Gasteiger charge is 2.57. The second-order valence-electron chi connectivity index (χ2n) is 13.6. The molecule has 0 N–H and O–H groups in total. The van der Waals surface area contributed by atoms with E-state index in [9.17, 15) is 10.1 Å². The van der Waals surface area contributed by atoms with Crippen molar-refractivity contribution in [2.45, 2.75) is 76.7 Å². The third kappa shape index (κ3) is 5.67. The van der Waals surface area contributed by atoms with Crippen molar-refractivity contribution in [3.05, 3.63) is 93.6 Å².